The smallest absolute Gasteiger partial charge is 0.322 e. The lowest BCUT2D eigenvalue weighted by Crippen LogP contribution is -2.44. The first-order chi connectivity index (χ1) is 11.1. The van der Waals surface area contributed by atoms with Crippen LogP contribution in [0.1, 0.15) is 37.6 Å². The van der Waals surface area contributed by atoms with Crippen LogP contribution in [0.25, 0.3) is 0 Å². The van der Waals surface area contributed by atoms with Gasteiger partial charge >= 0.3 is 5.97 Å². The van der Waals surface area contributed by atoms with Crippen molar-refractivity contribution in [2.75, 3.05) is 13.6 Å². The molecule has 0 aromatic heterocycles. The predicted molar refractivity (Wildman–Crippen MR) is 90.3 cm³/mol. The van der Waals surface area contributed by atoms with Gasteiger partial charge in [-0.1, -0.05) is 26.3 Å². The molecule has 0 fully saturated rings. The first-order valence-electron chi connectivity index (χ1n) is 7.74. The normalized spacial score (nSPS) is 14.0. The standard InChI is InChI=1S/C16H24N2O5S/c1-5-11(3)14(16(20)21)17-24(22,23)13-9-7-8-12(10-13)15(19)18(4)6-2/h7-11,14,17H,5-6H2,1-4H3,(H,20,21)/t11-,14-/m0/s1. The van der Waals surface area contributed by atoms with E-state index in [1.807, 2.05) is 6.92 Å². The van der Waals surface area contributed by atoms with Crippen molar-refractivity contribution in [3.05, 3.63) is 29.8 Å². The van der Waals surface area contributed by atoms with E-state index in [-0.39, 0.29) is 22.3 Å². The summed E-state index contributed by atoms with van der Waals surface area (Å²) in [6.07, 6.45) is 0.513. The highest BCUT2D eigenvalue weighted by Gasteiger charge is 2.29. The van der Waals surface area contributed by atoms with Crippen LogP contribution in [0, 0.1) is 5.92 Å². The van der Waals surface area contributed by atoms with Gasteiger partial charge in [0.2, 0.25) is 10.0 Å². The SMILES string of the molecule is CC[C@H](C)[C@H](NS(=O)(=O)c1cccc(C(=O)N(C)CC)c1)C(=O)O. The van der Waals surface area contributed by atoms with Crippen molar-refractivity contribution in [1.29, 1.82) is 0 Å². The Morgan fingerprint density at radius 2 is 1.92 bits per heavy atom. The van der Waals surface area contributed by atoms with E-state index in [1.165, 1.54) is 29.2 Å². The van der Waals surface area contributed by atoms with Gasteiger partial charge in [0, 0.05) is 19.2 Å². The number of carboxylic acids is 1. The number of nitrogens with one attached hydrogen (secondary N) is 1. The lowest BCUT2D eigenvalue weighted by atomic mass is 10.0. The Morgan fingerprint density at radius 1 is 1.29 bits per heavy atom. The second-order valence-corrected chi connectivity index (χ2v) is 7.38. The number of rotatable bonds is 8. The van der Waals surface area contributed by atoms with E-state index >= 15 is 0 Å². The van der Waals surface area contributed by atoms with Gasteiger partial charge in [-0.2, -0.15) is 4.72 Å². The fourth-order valence-electron chi connectivity index (χ4n) is 2.04. The van der Waals surface area contributed by atoms with Gasteiger partial charge < -0.3 is 10.0 Å². The number of nitrogens with zero attached hydrogens (tertiary/aromatic N) is 1. The van der Waals surface area contributed by atoms with Gasteiger partial charge in [-0.15, -0.1) is 0 Å². The summed E-state index contributed by atoms with van der Waals surface area (Å²) in [4.78, 5) is 24.8. The van der Waals surface area contributed by atoms with Crippen molar-refractivity contribution >= 4 is 21.9 Å². The summed E-state index contributed by atoms with van der Waals surface area (Å²) in [5, 5.41) is 9.24. The lowest BCUT2D eigenvalue weighted by molar-refractivity contribution is -0.140. The lowest BCUT2D eigenvalue weighted by Gasteiger charge is -2.20. The number of carbonyl (C=O) groups excluding carboxylic acids is 1. The quantitative estimate of drug-likeness (QED) is 0.735. The molecule has 0 saturated heterocycles. The second-order valence-electron chi connectivity index (χ2n) is 5.67. The Labute approximate surface area is 142 Å². The molecule has 0 saturated carbocycles. The number of aliphatic carboxylic acids is 1. The van der Waals surface area contributed by atoms with E-state index in [4.69, 9.17) is 0 Å². The van der Waals surface area contributed by atoms with Gasteiger partial charge in [-0.25, -0.2) is 8.42 Å². The Hall–Kier alpha value is -1.93. The maximum atomic E-state index is 12.5. The molecule has 0 bridgehead atoms. The third kappa shape index (κ3) is 4.78. The molecule has 134 valence electrons. The maximum Gasteiger partial charge on any atom is 0.322 e. The molecular weight excluding hydrogens is 332 g/mol. The van der Waals surface area contributed by atoms with Crippen molar-refractivity contribution in [2.45, 2.75) is 38.1 Å². The summed E-state index contributed by atoms with van der Waals surface area (Å²) >= 11 is 0. The summed E-state index contributed by atoms with van der Waals surface area (Å²) in [5.74, 6) is -1.90. The summed E-state index contributed by atoms with van der Waals surface area (Å²) in [7, 11) is -2.43. The van der Waals surface area contributed by atoms with Crippen LogP contribution in [-0.2, 0) is 14.8 Å². The van der Waals surface area contributed by atoms with Crippen LogP contribution in [0.4, 0.5) is 0 Å². The molecule has 8 heteroatoms. The van der Waals surface area contributed by atoms with Crippen LogP contribution in [0.3, 0.4) is 0 Å². The van der Waals surface area contributed by atoms with Crippen LogP contribution in [0.2, 0.25) is 0 Å². The third-order valence-corrected chi connectivity index (χ3v) is 5.41. The maximum absolute atomic E-state index is 12.5. The fourth-order valence-corrected chi connectivity index (χ4v) is 3.38. The van der Waals surface area contributed by atoms with Crippen molar-refractivity contribution in [1.82, 2.24) is 9.62 Å². The monoisotopic (exact) mass is 356 g/mol. The Balaban J connectivity index is 3.15. The van der Waals surface area contributed by atoms with E-state index in [0.717, 1.165) is 0 Å². The predicted octanol–water partition coefficient (Wildman–Crippen LogP) is 1.56. The highest BCUT2D eigenvalue weighted by Crippen LogP contribution is 2.16. The molecule has 7 nitrogen and oxygen atoms in total. The number of carbonyl (C=O) groups is 2. The van der Waals surface area contributed by atoms with Gasteiger partial charge in [0.25, 0.3) is 5.91 Å². The highest BCUT2D eigenvalue weighted by atomic mass is 32.2. The third-order valence-electron chi connectivity index (χ3n) is 3.97. The van der Waals surface area contributed by atoms with E-state index < -0.39 is 22.0 Å². The average Bonchev–Trinajstić information content (AvgIpc) is 2.57. The summed E-state index contributed by atoms with van der Waals surface area (Å²) in [5.41, 5.74) is 0.234. The number of hydrogen-bond acceptors (Lipinski definition) is 4. The zero-order chi connectivity index (χ0) is 18.5. The molecule has 0 aliphatic carbocycles. The molecule has 2 N–H and O–H groups in total. The molecule has 0 radical (unpaired) electrons. The van der Waals surface area contributed by atoms with E-state index in [1.54, 1.807) is 20.9 Å². The number of hydrogen-bond donors (Lipinski definition) is 2. The molecule has 2 atom stereocenters. The fraction of sp³-hybridized carbons (Fsp3) is 0.500. The van der Waals surface area contributed by atoms with Gasteiger partial charge in [0.05, 0.1) is 4.90 Å². The topological polar surface area (TPSA) is 104 Å². The molecular formula is C16H24N2O5S. The Kier molecular flexibility index (Phi) is 6.92. The zero-order valence-electron chi connectivity index (χ0n) is 14.3. The van der Waals surface area contributed by atoms with Crippen LogP contribution in [-0.4, -0.2) is 49.9 Å². The number of benzene rings is 1. The molecule has 1 aromatic carbocycles. The van der Waals surface area contributed by atoms with Crippen LogP contribution in [0.15, 0.2) is 29.2 Å². The van der Waals surface area contributed by atoms with Crippen molar-refractivity contribution in [3.63, 3.8) is 0 Å². The largest absolute Gasteiger partial charge is 0.480 e. The minimum absolute atomic E-state index is 0.132. The summed E-state index contributed by atoms with van der Waals surface area (Å²) < 4.78 is 27.2. The zero-order valence-corrected chi connectivity index (χ0v) is 15.1. The summed E-state index contributed by atoms with van der Waals surface area (Å²) in [6.45, 7) is 5.75. The van der Waals surface area contributed by atoms with Gasteiger partial charge in [-0.3, -0.25) is 9.59 Å². The first-order valence-corrected chi connectivity index (χ1v) is 9.23. The first kappa shape index (κ1) is 20.1. The minimum Gasteiger partial charge on any atom is -0.480 e. The Morgan fingerprint density at radius 3 is 2.42 bits per heavy atom. The number of amides is 1. The summed E-state index contributed by atoms with van der Waals surface area (Å²) in [6, 6.07) is 4.35. The van der Waals surface area contributed by atoms with Gasteiger partial charge in [0.1, 0.15) is 6.04 Å². The minimum atomic E-state index is -4.05. The molecule has 0 heterocycles. The second kappa shape index (κ2) is 8.25. The van der Waals surface area contributed by atoms with E-state index in [9.17, 15) is 23.1 Å². The molecule has 0 aliphatic heterocycles. The Bertz CT molecular complexity index is 702. The van der Waals surface area contributed by atoms with Crippen LogP contribution < -0.4 is 4.72 Å². The van der Waals surface area contributed by atoms with Gasteiger partial charge in [0.15, 0.2) is 0 Å². The number of sulfonamides is 1. The molecule has 0 aliphatic rings. The van der Waals surface area contributed by atoms with E-state index in [0.29, 0.717) is 13.0 Å². The molecule has 1 amide bonds. The molecule has 1 aromatic rings. The van der Waals surface area contributed by atoms with Crippen LogP contribution in [0.5, 0.6) is 0 Å². The number of carboxylic acid groups (broad SMARTS) is 1. The van der Waals surface area contributed by atoms with Gasteiger partial charge in [-0.05, 0) is 31.0 Å². The highest BCUT2D eigenvalue weighted by molar-refractivity contribution is 7.89. The van der Waals surface area contributed by atoms with Crippen molar-refractivity contribution in [2.24, 2.45) is 5.92 Å². The van der Waals surface area contributed by atoms with E-state index in [2.05, 4.69) is 4.72 Å². The van der Waals surface area contributed by atoms with Crippen molar-refractivity contribution in [3.8, 4) is 0 Å². The molecule has 0 spiro atoms. The average molecular weight is 356 g/mol. The molecule has 1 rings (SSSR count). The molecule has 0 unspecified atom stereocenters. The van der Waals surface area contributed by atoms with Crippen LogP contribution >= 0.6 is 0 Å². The molecule has 24 heavy (non-hydrogen) atoms. The van der Waals surface area contributed by atoms with Crippen molar-refractivity contribution < 1.29 is 23.1 Å².